The van der Waals surface area contributed by atoms with Gasteiger partial charge in [0.15, 0.2) is 0 Å². The number of aliphatic hydroxyl groups is 1. The van der Waals surface area contributed by atoms with E-state index in [0.717, 1.165) is 32.1 Å². The van der Waals surface area contributed by atoms with E-state index in [1.165, 1.54) is 0 Å². The number of aromatic nitrogens is 2. The molecule has 0 radical (unpaired) electrons. The van der Waals surface area contributed by atoms with E-state index in [9.17, 15) is 5.11 Å². The third kappa shape index (κ3) is 4.56. The first-order chi connectivity index (χ1) is 11.7. The predicted molar refractivity (Wildman–Crippen MR) is 93.0 cm³/mol. The van der Waals surface area contributed by atoms with Crippen LogP contribution in [0.3, 0.4) is 0 Å². The highest BCUT2D eigenvalue weighted by Crippen LogP contribution is 2.14. The molecule has 1 unspecified atom stereocenters. The molecule has 1 aliphatic rings. The number of piperazine rings is 1. The Bertz CT molecular complexity index is 615. The molecule has 1 atom stereocenters. The molecule has 2 heterocycles. The van der Waals surface area contributed by atoms with Gasteiger partial charge in [-0.05, 0) is 30.3 Å². The number of nitrogens with two attached hydrogens (primary N) is 1. The van der Waals surface area contributed by atoms with Gasteiger partial charge in [-0.25, -0.2) is 9.97 Å². The highest BCUT2D eigenvalue weighted by atomic mass is 16.5. The van der Waals surface area contributed by atoms with Gasteiger partial charge in [-0.3, -0.25) is 4.90 Å². The first kappa shape index (κ1) is 16.5. The van der Waals surface area contributed by atoms with Crippen molar-refractivity contribution in [1.82, 2.24) is 14.9 Å². The average molecular weight is 329 g/mol. The number of ether oxygens (including phenoxy) is 1. The number of benzene rings is 1. The Hall–Kier alpha value is -2.38. The van der Waals surface area contributed by atoms with Crippen LogP contribution in [0.4, 0.5) is 11.6 Å². The Balaban J connectivity index is 1.40. The number of rotatable bonds is 6. The van der Waals surface area contributed by atoms with Gasteiger partial charge >= 0.3 is 0 Å². The van der Waals surface area contributed by atoms with Crippen LogP contribution in [0, 0.1) is 0 Å². The molecule has 7 nitrogen and oxygen atoms in total. The third-order valence-corrected chi connectivity index (χ3v) is 4.00. The maximum atomic E-state index is 10.2. The average Bonchev–Trinajstić information content (AvgIpc) is 2.63. The fraction of sp³-hybridized carbons (Fsp3) is 0.412. The van der Waals surface area contributed by atoms with E-state index < -0.39 is 6.10 Å². The van der Waals surface area contributed by atoms with Crippen LogP contribution in [0.2, 0.25) is 0 Å². The minimum absolute atomic E-state index is 0.270. The van der Waals surface area contributed by atoms with Gasteiger partial charge in [0, 0.05) is 50.8 Å². The second kappa shape index (κ2) is 7.94. The molecule has 7 heteroatoms. The van der Waals surface area contributed by atoms with Gasteiger partial charge in [-0.2, -0.15) is 0 Å². The van der Waals surface area contributed by atoms with E-state index >= 15 is 0 Å². The number of nitrogen functional groups attached to an aromatic ring is 1. The zero-order valence-corrected chi connectivity index (χ0v) is 13.6. The topological polar surface area (TPSA) is 87.7 Å². The van der Waals surface area contributed by atoms with Crippen LogP contribution in [-0.4, -0.2) is 65.4 Å². The van der Waals surface area contributed by atoms with E-state index in [-0.39, 0.29) is 6.61 Å². The predicted octanol–water partition coefficient (Wildman–Crippen LogP) is 0.621. The molecule has 0 bridgehead atoms. The summed E-state index contributed by atoms with van der Waals surface area (Å²) in [7, 11) is 0. The van der Waals surface area contributed by atoms with Crippen LogP contribution in [0.15, 0.2) is 42.7 Å². The van der Waals surface area contributed by atoms with Crippen molar-refractivity contribution in [2.75, 3.05) is 50.0 Å². The number of hydrogen-bond donors (Lipinski definition) is 2. The van der Waals surface area contributed by atoms with Crippen LogP contribution in [0.5, 0.6) is 5.75 Å². The summed E-state index contributed by atoms with van der Waals surface area (Å²) < 4.78 is 5.59. The molecule has 0 aliphatic carbocycles. The second-order valence-corrected chi connectivity index (χ2v) is 5.87. The van der Waals surface area contributed by atoms with Gasteiger partial charge in [-0.1, -0.05) is 0 Å². The summed E-state index contributed by atoms with van der Waals surface area (Å²) in [5, 5.41) is 10.2. The Morgan fingerprint density at radius 3 is 2.42 bits per heavy atom. The largest absolute Gasteiger partial charge is 0.491 e. The highest BCUT2D eigenvalue weighted by molar-refractivity contribution is 5.41. The zero-order valence-electron chi connectivity index (χ0n) is 13.6. The van der Waals surface area contributed by atoms with Crippen molar-refractivity contribution in [2.24, 2.45) is 0 Å². The summed E-state index contributed by atoms with van der Waals surface area (Å²) in [5.74, 6) is 1.48. The van der Waals surface area contributed by atoms with Gasteiger partial charge in [-0.15, -0.1) is 0 Å². The van der Waals surface area contributed by atoms with Gasteiger partial charge in [0.25, 0.3) is 0 Å². The van der Waals surface area contributed by atoms with Gasteiger partial charge in [0.05, 0.1) is 0 Å². The molecule has 24 heavy (non-hydrogen) atoms. The minimum atomic E-state index is -0.526. The molecular formula is C17H23N5O2. The lowest BCUT2D eigenvalue weighted by Crippen LogP contribution is -2.49. The van der Waals surface area contributed by atoms with Crippen molar-refractivity contribution in [3.8, 4) is 5.75 Å². The SMILES string of the molecule is Nc1ccc(OCC(O)CN2CCN(c3ncccn3)CC2)cc1. The number of nitrogens with zero attached hydrogens (tertiary/aromatic N) is 4. The Labute approximate surface area is 141 Å². The summed E-state index contributed by atoms with van der Waals surface area (Å²) >= 11 is 0. The third-order valence-electron chi connectivity index (χ3n) is 4.00. The summed E-state index contributed by atoms with van der Waals surface area (Å²) in [6.45, 7) is 4.32. The normalized spacial score (nSPS) is 16.8. The molecule has 0 spiro atoms. The van der Waals surface area contributed by atoms with E-state index in [1.807, 2.05) is 6.07 Å². The Kier molecular flexibility index (Phi) is 5.45. The van der Waals surface area contributed by atoms with Crippen LogP contribution in [0.1, 0.15) is 0 Å². The highest BCUT2D eigenvalue weighted by Gasteiger charge is 2.20. The Morgan fingerprint density at radius 2 is 1.75 bits per heavy atom. The molecule has 0 amide bonds. The van der Waals surface area contributed by atoms with E-state index in [0.29, 0.717) is 18.0 Å². The molecule has 128 valence electrons. The first-order valence-corrected chi connectivity index (χ1v) is 8.11. The standard InChI is InChI=1S/C17H23N5O2/c18-14-2-4-16(5-3-14)24-13-15(23)12-21-8-10-22(11-9-21)17-19-6-1-7-20-17/h1-7,15,23H,8-13,18H2. The fourth-order valence-electron chi connectivity index (χ4n) is 2.69. The van der Waals surface area contributed by atoms with Crippen LogP contribution in [0.25, 0.3) is 0 Å². The summed E-state index contributed by atoms with van der Waals surface area (Å²) in [6.07, 6.45) is 2.99. The molecule has 3 rings (SSSR count). The minimum Gasteiger partial charge on any atom is -0.491 e. The van der Waals surface area contributed by atoms with Crippen molar-refractivity contribution in [3.63, 3.8) is 0 Å². The molecule has 1 aromatic carbocycles. The number of hydrogen-bond acceptors (Lipinski definition) is 7. The van der Waals surface area contributed by atoms with E-state index in [4.69, 9.17) is 10.5 Å². The molecule has 0 saturated carbocycles. The van der Waals surface area contributed by atoms with Crippen LogP contribution >= 0.6 is 0 Å². The van der Waals surface area contributed by atoms with Gasteiger partial charge < -0.3 is 20.5 Å². The lowest BCUT2D eigenvalue weighted by molar-refractivity contribution is 0.0662. The number of β-amino-alcohol motifs (C(OH)–C–C–N with tert-alkyl or cyclic N) is 1. The zero-order chi connectivity index (χ0) is 16.8. The molecule has 2 aromatic rings. The maximum absolute atomic E-state index is 10.2. The number of aliphatic hydroxyl groups excluding tert-OH is 1. The summed E-state index contributed by atoms with van der Waals surface area (Å²) in [5.41, 5.74) is 6.33. The maximum Gasteiger partial charge on any atom is 0.225 e. The van der Waals surface area contributed by atoms with Gasteiger partial charge in [0.1, 0.15) is 18.5 Å². The monoisotopic (exact) mass is 329 g/mol. The second-order valence-electron chi connectivity index (χ2n) is 5.87. The van der Waals surface area contributed by atoms with E-state index in [1.54, 1.807) is 36.7 Å². The summed E-state index contributed by atoms with van der Waals surface area (Å²) in [4.78, 5) is 12.9. The van der Waals surface area contributed by atoms with Crippen molar-refractivity contribution >= 4 is 11.6 Å². The fourth-order valence-corrected chi connectivity index (χ4v) is 2.69. The van der Waals surface area contributed by atoms with Crippen molar-refractivity contribution in [1.29, 1.82) is 0 Å². The van der Waals surface area contributed by atoms with Crippen molar-refractivity contribution < 1.29 is 9.84 Å². The molecule has 1 fully saturated rings. The number of anilines is 2. The lowest BCUT2D eigenvalue weighted by atomic mass is 10.2. The van der Waals surface area contributed by atoms with Gasteiger partial charge in [0.2, 0.25) is 5.95 Å². The molecule has 1 aliphatic heterocycles. The quantitative estimate of drug-likeness (QED) is 0.751. The first-order valence-electron chi connectivity index (χ1n) is 8.11. The lowest BCUT2D eigenvalue weighted by Gasteiger charge is -2.35. The van der Waals surface area contributed by atoms with Crippen molar-refractivity contribution in [2.45, 2.75) is 6.10 Å². The molecule has 1 saturated heterocycles. The van der Waals surface area contributed by atoms with Crippen LogP contribution in [-0.2, 0) is 0 Å². The van der Waals surface area contributed by atoms with Crippen LogP contribution < -0.4 is 15.4 Å². The molecule has 3 N–H and O–H groups in total. The summed E-state index contributed by atoms with van der Waals surface area (Å²) in [6, 6.07) is 9.00. The molecular weight excluding hydrogens is 306 g/mol. The van der Waals surface area contributed by atoms with E-state index in [2.05, 4.69) is 19.8 Å². The smallest absolute Gasteiger partial charge is 0.225 e. The van der Waals surface area contributed by atoms with Crippen molar-refractivity contribution in [3.05, 3.63) is 42.7 Å². The molecule has 1 aromatic heterocycles. The Morgan fingerprint density at radius 1 is 1.08 bits per heavy atom.